The molecule has 4 heteroatoms. The van der Waals surface area contributed by atoms with Crippen LogP contribution in [0.4, 0.5) is 5.69 Å². The molecule has 0 aromatic heterocycles. The summed E-state index contributed by atoms with van der Waals surface area (Å²) < 4.78 is 10.5. The third-order valence-electron chi connectivity index (χ3n) is 5.07. The summed E-state index contributed by atoms with van der Waals surface area (Å²) in [6.45, 7) is 5.14. The summed E-state index contributed by atoms with van der Waals surface area (Å²) in [6.07, 6.45) is 2.34. The Morgan fingerprint density at radius 2 is 1.77 bits per heavy atom. The molecule has 0 unspecified atom stereocenters. The van der Waals surface area contributed by atoms with Crippen molar-refractivity contribution in [1.29, 1.82) is 0 Å². The molecule has 1 aliphatic heterocycles. The molecule has 1 atom stereocenters. The molecule has 3 rings (SSSR count). The van der Waals surface area contributed by atoms with Gasteiger partial charge >= 0.3 is 0 Å². The molecular weight excluding hydrogens is 324 g/mol. The minimum atomic E-state index is 0.415. The highest BCUT2D eigenvalue weighted by atomic mass is 16.5. The molecule has 2 aromatic rings. The lowest BCUT2D eigenvalue weighted by atomic mass is 10.0. The van der Waals surface area contributed by atoms with Crippen LogP contribution in [0.3, 0.4) is 0 Å². The second-order valence-corrected chi connectivity index (χ2v) is 7.06. The first-order chi connectivity index (χ1) is 12.7. The highest BCUT2D eigenvalue weighted by molar-refractivity contribution is 5.67. The molecule has 26 heavy (non-hydrogen) atoms. The van der Waals surface area contributed by atoms with Crippen molar-refractivity contribution in [2.24, 2.45) is 0 Å². The Balaban J connectivity index is 1.58. The van der Waals surface area contributed by atoms with E-state index in [2.05, 4.69) is 53.5 Å². The first kappa shape index (κ1) is 18.7. The minimum Gasteiger partial charge on any atom is -0.497 e. The van der Waals surface area contributed by atoms with Gasteiger partial charge in [0.2, 0.25) is 0 Å². The largest absolute Gasteiger partial charge is 0.497 e. The molecule has 1 fully saturated rings. The van der Waals surface area contributed by atoms with Gasteiger partial charge in [-0.3, -0.25) is 0 Å². The van der Waals surface area contributed by atoms with Crippen LogP contribution in [0, 0.1) is 0 Å². The van der Waals surface area contributed by atoms with Gasteiger partial charge in [-0.2, -0.15) is 0 Å². The van der Waals surface area contributed by atoms with Crippen LogP contribution in [0.5, 0.6) is 5.75 Å². The Kier molecular flexibility index (Phi) is 6.53. The zero-order valence-corrected chi connectivity index (χ0v) is 16.1. The van der Waals surface area contributed by atoms with Crippen molar-refractivity contribution in [3.63, 3.8) is 0 Å². The van der Waals surface area contributed by atoms with Gasteiger partial charge in [-0.05, 0) is 55.2 Å². The number of ether oxygens (including phenoxy) is 2. The predicted molar refractivity (Wildman–Crippen MR) is 108 cm³/mol. The van der Waals surface area contributed by atoms with Crippen molar-refractivity contribution in [1.82, 2.24) is 5.32 Å². The number of nitrogens with one attached hydrogen (secondary N) is 1. The van der Waals surface area contributed by atoms with Crippen LogP contribution in [0.1, 0.15) is 19.8 Å². The molecule has 0 spiro atoms. The Morgan fingerprint density at radius 3 is 2.42 bits per heavy atom. The van der Waals surface area contributed by atoms with Gasteiger partial charge in [0, 0.05) is 38.0 Å². The molecule has 0 bridgehead atoms. The summed E-state index contributed by atoms with van der Waals surface area (Å²) in [5.74, 6) is 0.892. The SMILES string of the molecule is COC[C@H](C)NC1CCN(c2ccc(-c3cccc(OC)c3)cc2)CC1. The lowest BCUT2D eigenvalue weighted by Crippen LogP contribution is -2.46. The summed E-state index contributed by atoms with van der Waals surface area (Å²) in [4.78, 5) is 2.48. The monoisotopic (exact) mass is 354 g/mol. The first-order valence-corrected chi connectivity index (χ1v) is 9.44. The predicted octanol–water partition coefficient (Wildman–Crippen LogP) is 3.96. The third-order valence-corrected chi connectivity index (χ3v) is 5.07. The van der Waals surface area contributed by atoms with E-state index in [9.17, 15) is 0 Å². The van der Waals surface area contributed by atoms with E-state index in [4.69, 9.17) is 9.47 Å². The number of methoxy groups -OCH3 is 2. The summed E-state index contributed by atoms with van der Waals surface area (Å²) in [5, 5.41) is 3.67. The lowest BCUT2D eigenvalue weighted by molar-refractivity contribution is 0.163. The number of piperidine rings is 1. The van der Waals surface area contributed by atoms with Gasteiger partial charge < -0.3 is 19.7 Å². The maximum Gasteiger partial charge on any atom is 0.119 e. The fraction of sp³-hybridized carbons (Fsp3) is 0.455. The third kappa shape index (κ3) is 4.77. The molecule has 1 saturated heterocycles. The van der Waals surface area contributed by atoms with Gasteiger partial charge in [-0.25, -0.2) is 0 Å². The second kappa shape index (κ2) is 9.06. The van der Waals surface area contributed by atoms with E-state index < -0.39 is 0 Å². The first-order valence-electron chi connectivity index (χ1n) is 9.44. The van der Waals surface area contributed by atoms with Crippen LogP contribution >= 0.6 is 0 Å². The Labute approximate surface area is 157 Å². The average molecular weight is 354 g/mol. The van der Waals surface area contributed by atoms with E-state index in [0.29, 0.717) is 12.1 Å². The van der Waals surface area contributed by atoms with E-state index in [0.717, 1.165) is 25.4 Å². The number of hydrogen-bond donors (Lipinski definition) is 1. The van der Waals surface area contributed by atoms with Crippen LogP contribution in [0.2, 0.25) is 0 Å². The Bertz CT molecular complexity index is 679. The fourth-order valence-corrected chi connectivity index (χ4v) is 3.67. The van der Waals surface area contributed by atoms with Crippen LogP contribution in [-0.4, -0.2) is 46.0 Å². The molecule has 0 amide bonds. The number of rotatable bonds is 7. The Morgan fingerprint density at radius 1 is 1.04 bits per heavy atom. The van der Waals surface area contributed by atoms with Crippen molar-refractivity contribution < 1.29 is 9.47 Å². The van der Waals surface area contributed by atoms with Crippen LogP contribution in [0.15, 0.2) is 48.5 Å². The molecule has 2 aromatic carbocycles. The molecule has 1 N–H and O–H groups in total. The molecule has 1 aliphatic rings. The standard InChI is InChI=1S/C22H30N2O2/c1-17(16-25-2)23-20-11-13-24(14-12-20)21-9-7-18(8-10-21)19-5-4-6-22(15-19)26-3/h4-10,15,17,20,23H,11-14,16H2,1-3H3/t17-/m0/s1. The molecule has 140 valence electrons. The van der Waals surface area contributed by atoms with Crippen LogP contribution < -0.4 is 15.0 Å². The second-order valence-electron chi connectivity index (χ2n) is 7.06. The van der Waals surface area contributed by atoms with Gasteiger partial charge in [0.05, 0.1) is 13.7 Å². The topological polar surface area (TPSA) is 33.7 Å². The molecular formula is C22H30N2O2. The van der Waals surface area contributed by atoms with Gasteiger partial charge in [0.1, 0.15) is 5.75 Å². The number of benzene rings is 2. The Hall–Kier alpha value is -2.04. The van der Waals surface area contributed by atoms with E-state index in [1.54, 1.807) is 14.2 Å². The quantitative estimate of drug-likeness (QED) is 0.816. The van der Waals surface area contributed by atoms with Gasteiger partial charge in [-0.1, -0.05) is 24.3 Å². The van der Waals surface area contributed by atoms with Crippen molar-refractivity contribution in [3.8, 4) is 16.9 Å². The smallest absolute Gasteiger partial charge is 0.119 e. The minimum absolute atomic E-state index is 0.415. The summed E-state index contributed by atoms with van der Waals surface area (Å²) >= 11 is 0. The highest BCUT2D eigenvalue weighted by Crippen LogP contribution is 2.27. The zero-order valence-electron chi connectivity index (χ0n) is 16.1. The number of nitrogens with zero attached hydrogens (tertiary/aromatic N) is 1. The van der Waals surface area contributed by atoms with Gasteiger partial charge in [0.25, 0.3) is 0 Å². The maximum atomic E-state index is 5.33. The van der Waals surface area contributed by atoms with E-state index in [-0.39, 0.29) is 0 Å². The normalized spacial score (nSPS) is 16.5. The van der Waals surface area contributed by atoms with Crippen LogP contribution in [-0.2, 0) is 4.74 Å². The molecule has 4 nitrogen and oxygen atoms in total. The zero-order chi connectivity index (χ0) is 18.4. The summed E-state index contributed by atoms with van der Waals surface area (Å²) in [5.41, 5.74) is 3.71. The van der Waals surface area contributed by atoms with E-state index in [1.807, 2.05) is 12.1 Å². The average Bonchev–Trinajstić information content (AvgIpc) is 2.69. The summed E-state index contributed by atoms with van der Waals surface area (Å²) in [6, 6.07) is 18.1. The molecule has 0 aliphatic carbocycles. The molecule has 1 heterocycles. The molecule has 0 radical (unpaired) electrons. The van der Waals surface area contributed by atoms with E-state index >= 15 is 0 Å². The van der Waals surface area contributed by atoms with Crippen LogP contribution in [0.25, 0.3) is 11.1 Å². The van der Waals surface area contributed by atoms with Crippen molar-refractivity contribution >= 4 is 5.69 Å². The maximum absolute atomic E-state index is 5.33. The van der Waals surface area contributed by atoms with Gasteiger partial charge in [0.15, 0.2) is 0 Å². The highest BCUT2D eigenvalue weighted by Gasteiger charge is 2.20. The van der Waals surface area contributed by atoms with Crippen molar-refractivity contribution in [2.75, 3.05) is 38.8 Å². The molecule has 0 saturated carbocycles. The van der Waals surface area contributed by atoms with Crippen molar-refractivity contribution in [3.05, 3.63) is 48.5 Å². The van der Waals surface area contributed by atoms with Gasteiger partial charge in [-0.15, -0.1) is 0 Å². The van der Waals surface area contributed by atoms with E-state index in [1.165, 1.54) is 29.7 Å². The number of anilines is 1. The summed E-state index contributed by atoms with van der Waals surface area (Å²) in [7, 11) is 3.46. The lowest BCUT2D eigenvalue weighted by Gasteiger charge is -2.35. The fourth-order valence-electron chi connectivity index (χ4n) is 3.67. The van der Waals surface area contributed by atoms with Crippen molar-refractivity contribution in [2.45, 2.75) is 31.8 Å². The number of hydrogen-bond acceptors (Lipinski definition) is 4.